The molecule has 2 heterocycles. The van der Waals surface area contributed by atoms with E-state index in [2.05, 4.69) is 180 Å². The number of aromatic nitrogens is 4. The maximum Gasteiger partial charge on any atom is 0.160 e. The summed E-state index contributed by atoms with van der Waals surface area (Å²) < 4.78 is 0. The predicted molar refractivity (Wildman–Crippen MR) is 221 cm³/mol. The molecule has 0 atom stereocenters. The van der Waals surface area contributed by atoms with E-state index in [1.165, 1.54) is 0 Å². The molecule has 4 heteroatoms. The zero-order valence-corrected chi connectivity index (χ0v) is 29.4. The molecule has 0 bridgehead atoms. The fourth-order valence-electron chi connectivity index (χ4n) is 7.01. The van der Waals surface area contributed by atoms with E-state index < -0.39 is 0 Å². The van der Waals surface area contributed by atoms with Gasteiger partial charge in [0.05, 0.1) is 11.4 Å². The van der Waals surface area contributed by atoms with Crippen molar-refractivity contribution in [3.63, 3.8) is 0 Å². The second kappa shape index (κ2) is 14.7. The predicted octanol–water partition coefficient (Wildman–Crippen LogP) is 12.6. The second-order valence-electron chi connectivity index (χ2n) is 13.2. The summed E-state index contributed by atoms with van der Waals surface area (Å²) in [7, 11) is 0. The SMILES string of the molecule is c1ccc(-c2cccc(-c3nc(-c4cccc(-c5ccccc5)c4)c(-c4cccc(-c5ccccc5)c4)c(-c4cccc(-c5cncnc5)c4)n3)c2)cc1. The molecule has 9 rings (SSSR count). The van der Waals surface area contributed by atoms with E-state index >= 15 is 0 Å². The number of benzene rings is 7. The first-order valence-electron chi connectivity index (χ1n) is 18.0. The van der Waals surface area contributed by atoms with Gasteiger partial charge in [-0.25, -0.2) is 19.9 Å². The number of hydrogen-bond donors (Lipinski definition) is 0. The summed E-state index contributed by atoms with van der Waals surface area (Å²) in [6.45, 7) is 0. The lowest BCUT2D eigenvalue weighted by Gasteiger charge is -2.19. The maximum atomic E-state index is 5.50. The lowest BCUT2D eigenvalue weighted by Crippen LogP contribution is -2.01. The van der Waals surface area contributed by atoms with Crippen LogP contribution in [0.3, 0.4) is 0 Å². The highest BCUT2D eigenvalue weighted by Gasteiger charge is 2.22. The number of hydrogen-bond acceptors (Lipinski definition) is 4. The van der Waals surface area contributed by atoms with Crippen LogP contribution in [0.25, 0.3) is 89.5 Å². The summed E-state index contributed by atoms with van der Waals surface area (Å²) in [5.74, 6) is 0.652. The lowest BCUT2D eigenvalue weighted by atomic mass is 9.90. The molecule has 254 valence electrons. The molecule has 0 fully saturated rings. The highest BCUT2D eigenvalue weighted by atomic mass is 14.9. The van der Waals surface area contributed by atoms with Crippen LogP contribution in [0.15, 0.2) is 207 Å². The van der Waals surface area contributed by atoms with E-state index in [1.807, 2.05) is 30.6 Å². The van der Waals surface area contributed by atoms with Gasteiger partial charge in [-0.1, -0.05) is 164 Å². The lowest BCUT2D eigenvalue weighted by molar-refractivity contribution is 1.17. The van der Waals surface area contributed by atoms with Crippen molar-refractivity contribution in [2.75, 3.05) is 0 Å². The van der Waals surface area contributed by atoms with E-state index in [9.17, 15) is 0 Å². The van der Waals surface area contributed by atoms with Crippen LogP contribution >= 0.6 is 0 Å². The molecule has 2 aromatic heterocycles. The highest BCUT2D eigenvalue weighted by Crippen LogP contribution is 2.42. The van der Waals surface area contributed by atoms with Gasteiger partial charge in [0, 0.05) is 40.2 Å². The van der Waals surface area contributed by atoms with Gasteiger partial charge in [0.1, 0.15) is 6.33 Å². The van der Waals surface area contributed by atoms with Crippen molar-refractivity contribution in [2.45, 2.75) is 0 Å². The molecule has 0 unspecified atom stereocenters. The van der Waals surface area contributed by atoms with Crippen molar-refractivity contribution in [1.29, 1.82) is 0 Å². The molecule has 9 aromatic rings. The maximum absolute atomic E-state index is 5.50. The Morgan fingerprint density at radius 3 is 1.06 bits per heavy atom. The standard InChI is InChI=1S/C50H34N4/c1-4-14-35(15-5-1)38-20-10-24-42(28-38)47-48(43-25-11-21-39(29-43)36-16-6-2-7-17-36)53-50(45-27-13-22-40(31-45)37-18-8-3-9-19-37)54-49(47)44-26-12-23-41(30-44)46-32-51-34-52-33-46/h1-34H. The topological polar surface area (TPSA) is 51.6 Å². The average Bonchev–Trinajstić information content (AvgIpc) is 3.27. The van der Waals surface area contributed by atoms with Crippen LogP contribution in [0.5, 0.6) is 0 Å². The smallest absolute Gasteiger partial charge is 0.160 e. The molecule has 0 saturated heterocycles. The van der Waals surface area contributed by atoms with Crippen LogP contribution in [0.4, 0.5) is 0 Å². The summed E-state index contributed by atoms with van der Waals surface area (Å²) >= 11 is 0. The van der Waals surface area contributed by atoms with Crippen molar-refractivity contribution < 1.29 is 0 Å². The third-order valence-corrected chi connectivity index (χ3v) is 9.67. The number of rotatable bonds is 8. The summed E-state index contributed by atoms with van der Waals surface area (Å²) in [4.78, 5) is 19.6. The average molecular weight is 691 g/mol. The highest BCUT2D eigenvalue weighted by molar-refractivity contribution is 5.94. The molecule has 0 aliphatic heterocycles. The van der Waals surface area contributed by atoms with Crippen molar-refractivity contribution in [2.24, 2.45) is 0 Å². The van der Waals surface area contributed by atoms with Gasteiger partial charge in [-0.15, -0.1) is 0 Å². The Morgan fingerprint density at radius 1 is 0.259 bits per heavy atom. The zero-order valence-electron chi connectivity index (χ0n) is 29.4. The Bertz CT molecular complexity index is 2590. The third kappa shape index (κ3) is 6.72. The summed E-state index contributed by atoms with van der Waals surface area (Å²) in [6, 6.07) is 65.8. The summed E-state index contributed by atoms with van der Waals surface area (Å²) in [5.41, 5.74) is 15.3. The molecular formula is C50H34N4. The van der Waals surface area contributed by atoms with Gasteiger partial charge in [0.2, 0.25) is 0 Å². The van der Waals surface area contributed by atoms with Crippen LogP contribution in [0.2, 0.25) is 0 Å². The van der Waals surface area contributed by atoms with Gasteiger partial charge in [-0.05, 0) is 68.8 Å². The van der Waals surface area contributed by atoms with Crippen LogP contribution in [-0.2, 0) is 0 Å². The Hall–Kier alpha value is -7.30. The quantitative estimate of drug-likeness (QED) is 0.159. The minimum atomic E-state index is 0.652. The molecule has 7 aromatic carbocycles. The number of nitrogens with zero attached hydrogens (tertiary/aromatic N) is 4. The summed E-state index contributed by atoms with van der Waals surface area (Å²) in [6.07, 6.45) is 5.25. The van der Waals surface area contributed by atoms with E-state index in [-0.39, 0.29) is 0 Å². The summed E-state index contributed by atoms with van der Waals surface area (Å²) in [5, 5.41) is 0. The van der Waals surface area contributed by atoms with Crippen molar-refractivity contribution in [3.8, 4) is 89.5 Å². The molecule has 4 nitrogen and oxygen atoms in total. The van der Waals surface area contributed by atoms with Gasteiger partial charge in [0.25, 0.3) is 0 Å². The van der Waals surface area contributed by atoms with E-state index in [0.29, 0.717) is 5.82 Å². The van der Waals surface area contributed by atoms with Crippen LogP contribution in [-0.4, -0.2) is 19.9 Å². The largest absolute Gasteiger partial charge is 0.244 e. The van der Waals surface area contributed by atoms with E-state index in [4.69, 9.17) is 9.97 Å². The van der Waals surface area contributed by atoms with Gasteiger partial charge < -0.3 is 0 Å². The molecule has 0 amide bonds. The van der Waals surface area contributed by atoms with E-state index in [1.54, 1.807) is 6.33 Å². The first-order chi connectivity index (χ1) is 26.8. The Balaban J connectivity index is 1.33. The molecule has 54 heavy (non-hydrogen) atoms. The molecule has 0 saturated carbocycles. The van der Waals surface area contributed by atoms with Crippen LogP contribution in [0.1, 0.15) is 0 Å². The van der Waals surface area contributed by atoms with E-state index in [0.717, 1.165) is 83.7 Å². The molecule has 0 aliphatic rings. The molecule has 0 N–H and O–H groups in total. The van der Waals surface area contributed by atoms with Gasteiger partial charge in [0.15, 0.2) is 5.82 Å². The minimum absolute atomic E-state index is 0.652. The minimum Gasteiger partial charge on any atom is -0.244 e. The fraction of sp³-hybridized carbons (Fsp3) is 0. The van der Waals surface area contributed by atoms with Gasteiger partial charge >= 0.3 is 0 Å². The Kier molecular flexibility index (Phi) is 8.90. The zero-order chi connectivity index (χ0) is 36.1. The molecule has 0 aliphatic carbocycles. The van der Waals surface area contributed by atoms with Crippen LogP contribution < -0.4 is 0 Å². The first-order valence-corrected chi connectivity index (χ1v) is 18.0. The normalized spacial score (nSPS) is 11.0. The Morgan fingerprint density at radius 2 is 0.593 bits per heavy atom. The van der Waals surface area contributed by atoms with Gasteiger partial charge in [-0.3, -0.25) is 0 Å². The second-order valence-corrected chi connectivity index (χ2v) is 13.2. The van der Waals surface area contributed by atoms with Crippen molar-refractivity contribution in [1.82, 2.24) is 19.9 Å². The van der Waals surface area contributed by atoms with Crippen LogP contribution in [0, 0.1) is 0 Å². The third-order valence-electron chi connectivity index (χ3n) is 9.67. The molecule has 0 radical (unpaired) electrons. The Labute approximate surface area is 315 Å². The fourth-order valence-corrected chi connectivity index (χ4v) is 7.01. The first kappa shape index (κ1) is 32.6. The molecular weight excluding hydrogens is 657 g/mol. The molecule has 0 spiro atoms. The van der Waals surface area contributed by atoms with Gasteiger partial charge in [-0.2, -0.15) is 0 Å². The van der Waals surface area contributed by atoms with Crippen molar-refractivity contribution >= 4 is 0 Å². The monoisotopic (exact) mass is 690 g/mol. The van der Waals surface area contributed by atoms with Crippen molar-refractivity contribution in [3.05, 3.63) is 207 Å².